The lowest BCUT2D eigenvalue weighted by molar-refractivity contribution is -0.144. The molecule has 0 aliphatic carbocycles. The normalized spacial score (nSPS) is 17.9. The Bertz CT molecular complexity index is 265. The molecule has 0 rings (SSSR count). The van der Waals surface area contributed by atoms with Crippen LogP contribution in [0, 0.1) is 17.8 Å². The van der Waals surface area contributed by atoms with Crippen LogP contribution in [0.15, 0.2) is 0 Å². The van der Waals surface area contributed by atoms with Gasteiger partial charge in [-0.2, -0.15) is 0 Å². The lowest BCUT2D eigenvalue weighted by Crippen LogP contribution is -2.47. The molecule has 17 heavy (non-hydrogen) atoms. The lowest BCUT2D eigenvalue weighted by atomic mass is 9.91. The molecule has 0 aliphatic heterocycles. The van der Waals surface area contributed by atoms with Gasteiger partial charge in [-0.05, 0) is 11.8 Å². The van der Waals surface area contributed by atoms with Gasteiger partial charge in [0.15, 0.2) is 0 Å². The third kappa shape index (κ3) is 4.75. The number of hydrogen-bond donors (Lipinski definition) is 2. The van der Waals surface area contributed by atoms with Crippen molar-refractivity contribution in [3.63, 3.8) is 0 Å². The van der Waals surface area contributed by atoms with E-state index in [1.54, 1.807) is 0 Å². The molecule has 0 aromatic heterocycles. The zero-order valence-electron chi connectivity index (χ0n) is 11.5. The summed E-state index contributed by atoms with van der Waals surface area (Å²) < 4.78 is 0. The minimum atomic E-state index is -0.955. The molecule has 4 heteroatoms. The predicted octanol–water partition coefficient (Wildman–Crippen LogP) is 2.28. The molecule has 0 aliphatic rings. The van der Waals surface area contributed by atoms with E-state index in [0.717, 1.165) is 12.8 Å². The van der Waals surface area contributed by atoms with Gasteiger partial charge in [-0.25, -0.2) is 4.79 Å². The second kappa shape index (κ2) is 7.30. The van der Waals surface area contributed by atoms with Crippen LogP contribution in [0.3, 0.4) is 0 Å². The molecule has 0 aromatic carbocycles. The molecule has 0 radical (unpaired) electrons. The molecule has 0 bridgehead atoms. The second-order valence-electron chi connectivity index (χ2n) is 4.88. The van der Waals surface area contributed by atoms with Crippen LogP contribution in [0.25, 0.3) is 0 Å². The van der Waals surface area contributed by atoms with Gasteiger partial charge in [0.2, 0.25) is 5.91 Å². The van der Waals surface area contributed by atoms with Gasteiger partial charge in [-0.1, -0.05) is 47.5 Å². The van der Waals surface area contributed by atoms with Crippen molar-refractivity contribution in [1.29, 1.82) is 0 Å². The Hall–Kier alpha value is -1.06. The first-order valence-corrected chi connectivity index (χ1v) is 6.38. The second-order valence-corrected chi connectivity index (χ2v) is 4.88. The van der Waals surface area contributed by atoms with E-state index >= 15 is 0 Å². The maximum absolute atomic E-state index is 11.9. The molecule has 0 fully saturated rings. The van der Waals surface area contributed by atoms with E-state index in [1.807, 2.05) is 34.6 Å². The zero-order valence-corrected chi connectivity index (χ0v) is 11.5. The highest BCUT2D eigenvalue weighted by atomic mass is 16.4. The molecule has 1 amide bonds. The van der Waals surface area contributed by atoms with Gasteiger partial charge < -0.3 is 10.4 Å². The number of amides is 1. The van der Waals surface area contributed by atoms with Crippen LogP contribution < -0.4 is 5.32 Å². The number of carboxylic acid groups (broad SMARTS) is 1. The van der Waals surface area contributed by atoms with Gasteiger partial charge in [0.25, 0.3) is 0 Å². The molecule has 0 spiro atoms. The summed E-state index contributed by atoms with van der Waals surface area (Å²) in [6, 6.07) is -0.779. The Morgan fingerprint density at radius 3 is 1.88 bits per heavy atom. The van der Waals surface area contributed by atoms with Crippen LogP contribution in [-0.2, 0) is 9.59 Å². The average Bonchev–Trinajstić information content (AvgIpc) is 2.32. The highest BCUT2D eigenvalue weighted by molar-refractivity contribution is 5.85. The fourth-order valence-electron chi connectivity index (χ4n) is 1.58. The van der Waals surface area contributed by atoms with E-state index in [1.165, 1.54) is 0 Å². The molecule has 4 atom stereocenters. The third-order valence-corrected chi connectivity index (χ3v) is 3.69. The molecular weight excluding hydrogens is 218 g/mol. The summed E-state index contributed by atoms with van der Waals surface area (Å²) in [5, 5.41) is 11.7. The first kappa shape index (κ1) is 15.9. The predicted molar refractivity (Wildman–Crippen MR) is 67.6 cm³/mol. The van der Waals surface area contributed by atoms with E-state index < -0.39 is 12.0 Å². The summed E-state index contributed by atoms with van der Waals surface area (Å²) in [7, 11) is 0. The van der Waals surface area contributed by atoms with Gasteiger partial charge in [0, 0.05) is 5.92 Å². The number of hydrogen-bond acceptors (Lipinski definition) is 2. The molecule has 4 nitrogen and oxygen atoms in total. The van der Waals surface area contributed by atoms with Crippen molar-refractivity contribution < 1.29 is 14.7 Å². The number of carbonyl (C=O) groups excluding carboxylic acids is 1. The van der Waals surface area contributed by atoms with Crippen molar-refractivity contribution in [2.24, 2.45) is 17.8 Å². The van der Waals surface area contributed by atoms with E-state index in [-0.39, 0.29) is 23.7 Å². The summed E-state index contributed by atoms with van der Waals surface area (Å²) in [5.74, 6) is -1.05. The highest BCUT2D eigenvalue weighted by Crippen LogP contribution is 2.16. The minimum Gasteiger partial charge on any atom is -0.480 e. The highest BCUT2D eigenvalue weighted by Gasteiger charge is 2.28. The summed E-state index contributed by atoms with van der Waals surface area (Å²) in [5.41, 5.74) is 0. The summed E-state index contributed by atoms with van der Waals surface area (Å²) >= 11 is 0. The van der Waals surface area contributed by atoms with Crippen LogP contribution in [0.2, 0.25) is 0 Å². The fourth-order valence-corrected chi connectivity index (χ4v) is 1.58. The van der Waals surface area contributed by atoms with Crippen LogP contribution in [0.5, 0.6) is 0 Å². The van der Waals surface area contributed by atoms with Crippen molar-refractivity contribution in [1.82, 2.24) is 5.32 Å². The topological polar surface area (TPSA) is 66.4 Å². The molecule has 0 saturated heterocycles. The van der Waals surface area contributed by atoms with Crippen molar-refractivity contribution in [2.45, 2.75) is 53.5 Å². The number of rotatable bonds is 7. The Morgan fingerprint density at radius 2 is 1.53 bits per heavy atom. The fraction of sp³-hybridized carbons (Fsp3) is 0.846. The van der Waals surface area contributed by atoms with Gasteiger partial charge in [0.05, 0.1) is 0 Å². The Kier molecular flexibility index (Phi) is 6.85. The Morgan fingerprint density at radius 1 is 1.06 bits per heavy atom. The van der Waals surface area contributed by atoms with E-state index in [9.17, 15) is 9.59 Å². The largest absolute Gasteiger partial charge is 0.480 e. The smallest absolute Gasteiger partial charge is 0.326 e. The monoisotopic (exact) mass is 243 g/mol. The Labute approximate surface area is 104 Å². The quantitative estimate of drug-likeness (QED) is 0.721. The molecule has 100 valence electrons. The standard InChI is InChI=1S/C13H25NO3/c1-6-8(3)10(5)12(15)14-11(13(16)17)9(4)7-2/h8-11H,6-7H2,1-5H3,(H,14,15)(H,16,17). The summed E-state index contributed by atoms with van der Waals surface area (Å²) in [6.07, 6.45) is 1.64. The van der Waals surface area contributed by atoms with Gasteiger partial charge in [0.1, 0.15) is 6.04 Å². The van der Waals surface area contributed by atoms with Crippen LogP contribution in [0.1, 0.15) is 47.5 Å². The number of nitrogens with one attached hydrogen (secondary N) is 1. The van der Waals surface area contributed by atoms with Crippen molar-refractivity contribution in [2.75, 3.05) is 0 Å². The lowest BCUT2D eigenvalue weighted by Gasteiger charge is -2.24. The van der Waals surface area contributed by atoms with Crippen molar-refractivity contribution >= 4 is 11.9 Å². The first-order chi connectivity index (χ1) is 7.84. The number of aliphatic carboxylic acids is 1. The third-order valence-electron chi connectivity index (χ3n) is 3.69. The van der Waals surface area contributed by atoms with Crippen molar-refractivity contribution in [3.05, 3.63) is 0 Å². The minimum absolute atomic E-state index is 0.0550. The van der Waals surface area contributed by atoms with E-state index in [2.05, 4.69) is 5.32 Å². The molecular formula is C13H25NO3. The average molecular weight is 243 g/mol. The van der Waals surface area contributed by atoms with Gasteiger partial charge in [-0.15, -0.1) is 0 Å². The number of carboxylic acids is 1. The maximum Gasteiger partial charge on any atom is 0.326 e. The number of carbonyl (C=O) groups is 2. The van der Waals surface area contributed by atoms with Crippen LogP contribution >= 0.6 is 0 Å². The van der Waals surface area contributed by atoms with Gasteiger partial charge >= 0.3 is 5.97 Å². The first-order valence-electron chi connectivity index (χ1n) is 6.38. The summed E-state index contributed by atoms with van der Waals surface area (Å²) in [4.78, 5) is 23.0. The van der Waals surface area contributed by atoms with E-state index in [4.69, 9.17) is 5.11 Å². The van der Waals surface area contributed by atoms with Crippen LogP contribution in [0.4, 0.5) is 0 Å². The van der Waals surface area contributed by atoms with Crippen LogP contribution in [-0.4, -0.2) is 23.0 Å². The SMILES string of the molecule is CCC(C)C(C)C(=O)NC(C(=O)O)C(C)CC. The molecule has 0 aromatic rings. The van der Waals surface area contributed by atoms with Crippen molar-refractivity contribution in [3.8, 4) is 0 Å². The summed E-state index contributed by atoms with van der Waals surface area (Å²) in [6.45, 7) is 9.64. The van der Waals surface area contributed by atoms with E-state index in [0.29, 0.717) is 0 Å². The zero-order chi connectivity index (χ0) is 13.6. The Balaban J connectivity index is 4.56. The van der Waals surface area contributed by atoms with Gasteiger partial charge in [-0.3, -0.25) is 4.79 Å². The molecule has 2 N–H and O–H groups in total. The molecule has 0 saturated carbocycles. The molecule has 4 unspecified atom stereocenters. The molecule has 0 heterocycles. The maximum atomic E-state index is 11.9.